The number of allylic oxidation sites excluding steroid dienone is 1. The Labute approximate surface area is 115 Å². The van der Waals surface area contributed by atoms with Crippen molar-refractivity contribution in [2.75, 3.05) is 11.5 Å². The van der Waals surface area contributed by atoms with Gasteiger partial charge in [-0.25, -0.2) is 0 Å². The van der Waals surface area contributed by atoms with Crippen molar-refractivity contribution in [2.24, 2.45) is 0 Å². The lowest BCUT2D eigenvalue weighted by Crippen LogP contribution is -2.40. The van der Waals surface area contributed by atoms with Gasteiger partial charge in [-0.15, -0.1) is 11.8 Å². The van der Waals surface area contributed by atoms with Crippen molar-refractivity contribution in [2.45, 2.75) is 23.5 Å². The van der Waals surface area contributed by atoms with Gasteiger partial charge in [0.1, 0.15) is 10.2 Å². The van der Waals surface area contributed by atoms with Crippen LogP contribution >= 0.6 is 11.8 Å². The summed E-state index contributed by atoms with van der Waals surface area (Å²) in [5, 5.41) is 10.6. The van der Waals surface area contributed by atoms with E-state index in [9.17, 15) is 9.32 Å². The summed E-state index contributed by atoms with van der Waals surface area (Å²) in [6.45, 7) is 1.91. The van der Waals surface area contributed by atoms with Crippen LogP contribution in [0.2, 0.25) is 0 Å². The highest BCUT2D eigenvalue weighted by Crippen LogP contribution is 2.45. The minimum atomic E-state index is -1.04. The molecule has 1 aliphatic rings. The second-order valence-electron chi connectivity index (χ2n) is 4.29. The molecule has 2 rings (SSSR count). The predicted molar refractivity (Wildman–Crippen MR) is 79.0 cm³/mol. The van der Waals surface area contributed by atoms with E-state index in [4.69, 9.17) is 0 Å². The minimum absolute atomic E-state index is 0.668. The molecule has 1 N–H and O–H groups in total. The molecule has 0 spiro atoms. The summed E-state index contributed by atoms with van der Waals surface area (Å²) >= 11 is 1.61. The first-order valence-corrected chi connectivity index (χ1v) is 8.40. The molecule has 1 fully saturated rings. The van der Waals surface area contributed by atoms with Crippen LogP contribution < -0.4 is 0 Å². The fraction of sp³-hybridized carbons (Fsp3) is 0.429. The van der Waals surface area contributed by atoms with Crippen molar-refractivity contribution in [3.8, 4) is 0 Å². The topological polar surface area (TPSA) is 37.3 Å². The van der Waals surface area contributed by atoms with Crippen molar-refractivity contribution in [1.82, 2.24) is 0 Å². The van der Waals surface area contributed by atoms with Gasteiger partial charge in [0.15, 0.2) is 0 Å². The van der Waals surface area contributed by atoms with E-state index in [0.29, 0.717) is 5.75 Å². The van der Waals surface area contributed by atoms with Gasteiger partial charge in [-0.3, -0.25) is 4.21 Å². The zero-order chi connectivity index (χ0) is 13.0. The van der Waals surface area contributed by atoms with Gasteiger partial charge in [-0.2, -0.15) is 0 Å². The van der Waals surface area contributed by atoms with Gasteiger partial charge < -0.3 is 5.11 Å². The van der Waals surface area contributed by atoms with Gasteiger partial charge in [0.25, 0.3) is 0 Å². The molecule has 0 saturated carbocycles. The van der Waals surface area contributed by atoms with E-state index in [1.165, 1.54) is 0 Å². The molecule has 1 saturated heterocycles. The molecule has 1 heterocycles. The summed E-state index contributed by atoms with van der Waals surface area (Å²) in [6.07, 6.45) is 4.03. The first kappa shape index (κ1) is 13.8. The molecule has 1 aromatic rings. The SMILES string of the molecule is C/C=C/[C@]1([C@H](O)c2ccccc2)SCCCS1=O. The molecule has 1 aromatic carbocycles. The molecule has 0 bridgehead atoms. The number of rotatable bonds is 3. The van der Waals surface area contributed by atoms with Gasteiger partial charge >= 0.3 is 0 Å². The molecule has 1 unspecified atom stereocenters. The second-order valence-corrected chi connectivity index (χ2v) is 7.69. The lowest BCUT2D eigenvalue weighted by molar-refractivity contribution is 0.175. The third-order valence-corrected chi connectivity index (χ3v) is 7.00. The van der Waals surface area contributed by atoms with Crippen molar-refractivity contribution in [3.05, 3.63) is 48.0 Å². The Morgan fingerprint density at radius 3 is 2.78 bits per heavy atom. The van der Waals surface area contributed by atoms with Gasteiger partial charge in [-0.1, -0.05) is 42.5 Å². The van der Waals surface area contributed by atoms with E-state index in [1.807, 2.05) is 49.4 Å². The summed E-state index contributed by atoms with van der Waals surface area (Å²) in [5.74, 6) is 1.61. The average molecular weight is 282 g/mol. The van der Waals surface area contributed by atoms with Gasteiger partial charge in [0, 0.05) is 16.6 Å². The summed E-state index contributed by atoms with van der Waals surface area (Å²) in [4.78, 5) is 0. The highest BCUT2D eigenvalue weighted by Gasteiger charge is 2.44. The maximum atomic E-state index is 12.4. The molecule has 2 nitrogen and oxygen atoms in total. The molecule has 0 amide bonds. The van der Waals surface area contributed by atoms with Crippen molar-refractivity contribution in [1.29, 1.82) is 0 Å². The van der Waals surface area contributed by atoms with Crippen molar-refractivity contribution >= 4 is 22.6 Å². The maximum Gasteiger partial charge on any atom is 0.139 e. The van der Waals surface area contributed by atoms with E-state index in [-0.39, 0.29) is 0 Å². The van der Waals surface area contributed by atoms with Crippen LogP contribution in [0, 0.1) is 0 Å². The fourth-order valence-electron chi connectivity index (χ4n) is 2.17. The maximum absolute atomic E-state index is 12.4. The number of thioether (sulfide) groups is 1. The fourth-order valence-corrected chi connectivity index (χ4v) is 5.91. The van der Waals surface area contributed by atoms with Gasteiger partial charge in [0.2, 0.25) is 0 Å². The van der Waals surface area contributed by atoms with E-state index in [0.717, 1.165) is 17.7 Å². The first-order valence-electron chi connectivity index (χ1n) is 6.10. The predicted octanol–water partition coefficient (Wildman–Crippen LogP) is 2.88. The molecular weight excluding hydrogens is 264 g/mol. The number of hydrogen-bond donors (Lipinski definition) is 1. The summed E-state index contributed by atoms with van der Waals surface area (Å²) < 4.78 is 11.7. The lowest BCUT2D eigenvalue weighted by Gasteiger charge is -2.37. The highest BCUT2D eigenvalue weighted by atomic mass is 32.2. The third kappa shape index (κ3) is 2.56. The molecule has 18 heavy (non-hydrogen) atoms. The van der Waals surface area contributed by atoms with Crippen LogP contribution in [0.25, 0.3) is 0 Å². The number of hydrogen-bond acceptors (Lipinski definition) is 3. The average Bonchev–Trinajstić information content (AvgIpc) is 2.42. The number of aliphatic hydroxyl groups excluding tert-OH is 1. The first-order chi connectivity index (χ1) is 8.70. The smallest absolute Gasteiger partial charge is 0.139 e. The Morgan fingerprint density at radius 2 is 2.17 bits per heavy atom. The van der Waals surface area contributed by atoms with Crippen molar-refractivity contribution in [3.63, 3.8) is 0 Å². The molecule has 0 aromatic heterocycles. The van der Waals surface area contributed by atoms with Crippen molar-refractivity contribution < 1.29 is 9.32 Å². The van der Waals surface area contributed by atoms with E-state index >= 15 is 0 Å². The molecule has 3 atom stereocenters. The highest BCUT2D eigenvalue weighted by molar-refractivity contribution is 8.13. The molecule has 1 aliphatic heterocycles. The molecule has 0 aliphatic carbocycles. The Morgan fingerprint density at radius 1 is 1.44 bits per heavy atom. The van der Waals surface area contributed by atoms with Crippen LogP contribution in [0.3, 0.4) is 0 Å². The normalized spacial score (nSPS) is 30.4. The third-order valence-electron chi connectivity index (χ3n) is 3.05. The largest absolute Gasteiger partial charge is 0.386 e. The zero-order valence-corrected chi connectivity index (χ0v) is 12.0. The Balaban J connectivity index is 2.38. The quantitative estimate of drug-likeness (QED) is 0.866. The van der Waals surface area contributed by atoms with Gasteiger partial charge in [0.05, 0.1) is 0 Å². The summed E-state index contributed by atoms with van der Waals surface area (Å²) in [5.41, 5.74) is 0.832. The number of aliphatic hydroxyl groups is 1. The standard InChI is InChI=1S/C14H18O2S2/c1-2-9-14(17-10-6-11-18(14)16)13(15)12-7-4-3-5-8-12/h2-5,7-9,13,15H,6,10-11H2,1H3/b9-2+/t13-,14+,18?/m1/s1. The molecular formula is C14H18O2S2. The second kappa shape index (κ2) is 6.04. The molecule has 98 valence electrons. The van der Waals surface area contributed by atoms with E-state index < -0.39 is 21.0 Å². The van der Waals surface area contributed by atoms with Crippen LogP contribution in [-0.2, 0) is 10.8 Å². The van der Waals surface area contributed by atoms with Crippen LogP contribution in [-0.4, -0.2) is 24.9 Å². The Kier molecular flexibility index (Phi) is 4.65. The van der Waals surface area contributed by atoms with Crippen LogP contribution in [0.5, 0.6) is 0 Å². The van der Waals surface area contributed by atoms with Gasteiger partial charge in [-0.05, 0) is 24.7 Å². The van der Waals surface area contributed by atoms with E-state index in [2.05, 4.69) is 0 Å². The monoisotopic (exact) mass is 282 g/mol. The molecule has 4 heteroatoms. The summed E-state index contributed by atoms with van der Waals surface area (Å²) in [6, 6.07) is 9.50. The van der Waals surface area contributed by atoms with Crippen LogP contribution in [0.4, 0.5) is 0 Å². The van der Waals surface area contributed by atoms with E-state index in [1.54, 1.807) is 11.8 Å². The Hall–Kier alpha value is -0.580. The van der Waals surface area contributed by atoms with Crippen LogP contribution in [0.1, 0.15) is 25.0 Å². The summed E-state index contributed by atoms with van der Waals surface area (Å²) in [7, 11) is -1.04. The number of benzene rings is 1. The minimum Gasteiger partial charge on any atom is -0.386 e. The molecule has 0 radical (unpaired) electrons. The Bertz CT molecular complexity index is 444. The van der Waals surface area contributed by atoms with Crippen LogP contribution in [0.15, 0.2) is 42.5 Å². The zero-order valence-electron chi connectivity index (χ0n) is 10.4. The lowest BCUT2D eigenvalue weighted by atomic mass is 10.1.